The number of carbonyl (C=O) groups is 2. The van der Waals surface area contributed by atoms with Gasteiger partial charge >= 0.3 is 0 Å². The molecule has 1 unspecified atom stereocenters. The predicted octanol–water partition coefficient (Wildman–Crippen LogP) is 3.45. The van der Waals surface area contributed by atoms with Crippen LogP contribution in [0.15, 0.2) is 42.5 Å². The third kappa shape index (κ3) is 3.60. The van der Waals surface area contributed by atoms with Crippen molar-refractivity contribution in [2.24, 2.45) is 0 Å². The minimum Gasteiger partial charge on any atom is -0.322 e. The predicted molar refractivity (Wildman–Crippen MR) is 107 cm³/mol. The third-order valence-corrected chi connectivity index (χ3v) is 5.52. The second-order valence-electron chi connectivity index (χ2n) is 7.38. The third-order valence-electron chi connectivity index (χ3n) is 5.52. The van der Waals surface area contributed by atoms with Gasteiger partial charge < -0.3 is 15.5 Å². The molecule has 27 heavy (non-hydrogen) atoms. The first-order valence-electron chi connectivity index (χ1n) is 9.65. The van der Waals surface area contributed by atoms with Gasteiger partial charge in [-0.25, -0.2) is 0 Å². The molecule has 0 bridgehead atoms. The molecule has 0 aromatic heterocycles. The molecule has 2 aromatic rings. The fraction of sp³-hybridized carbons (Fsp3) is 0.364. The fourth-order valence-corrected chi connectivity index (χ4v) is 4.12. The Labute approximate surface area is 159 Å². The van der Waals surface area contributed by atoms with Gasteiger partial charge in [0.2, 0.25) is 5.91 Å². The van der Waals surface area contributed by atoms with E-state index >= 15 is 0 Å². The van der Waals surface area contributed by atoms with Gasteiger partial charge in [0.05, 0.1) is 0 Å². The van der Waals surface area contributed by atoms with E-state index in [1.165, 1.54) is 0 Å². The Morgan fingerprint density at radius 3 is 2.78 bits per heavy atom. The Morgan fingerprint density at radius 1 is 1.22 bits per heavy atom. The van der Waals surface area contributed by atoms with Gasteiger partial charge in [-0.1, -0.05) is 18.2 Å². The van der Waals surface area contributed by atoms with Crippen LogP contribution in [-0.4, -0.2) is 31.4 Å². The van der Waals surface area contributed by atoms with Crippen molar-refractivity contribution in [3.63, 3.8) is 0 Å². The standard InChI is InChI=1S/C22H25N3O2/c1-15-13-17(8-9-20(15)25-12-4-7-21(25)26)24-22(27)19-6-3-2-5-18(19)16-10-11-23-14-16/h2-3,5-6,8-9,13,16,23H,4,7,10-12,14H2,1H3,(H,24,27). The van der Waals surface area contributed by atoms with E-state index in [9.17, 15) is 9.59 Å². The second kappa shape index (κ2) is 7.53. The number of amides is 2. The molecule has 2 aromatic carbocycles. The minimum absolute atomic E-state index is 0.0816. The number of aryl methyl sites for hydroxylation is 1. The topological polar surface area (TPSA) is 61.4 Å². The van der Waals surface area contributed by atoms with E-state index in [4.69, 9.17) is 0 Å². The zero-order valence-electron chi connectivity index (χ0n) is 15.6. The van der Waals surface area contributed by atoms with Crippen molar-refractivity contribution >= 4 is 23.2 Å². The zero-order chi connectivity index (χ0) is 18.8. The molecular weight excluding hydrogens is 338 g/mol. The highest BCUT2D eigenvalue weighted by molar-refractivity contribution is 6.05. The quantitative estimate of drug-likeness (QED) is 0.875. The van der Waals surface area contributed by atoms with Gasteiger partial charge in [0.1, 0.15) is 0 Å². The molecule has 2 fully saturated rings. The van der Waals surface area contributed by atoms with Gasteiger partial charge in [-0.2, -0.15) is 0 Å². The van der Waals surface area contributed by atoms with Crippen LogP contribution in [0.4, 0.5) is 11.4 Å². The van der Waals surface area contributed by atoms with Crippen LogP contribution in [0, 0.1) is 6.92 Å². The minimum atomic E-state index is -0.0816. The maximum atomic E-state index is 12.9. The van der Waals surface area contributed by atoms with Gasteiger partial charge in [-0.15, -0.1) is 0 Å². The van der Waals surface area contributed by atoms with Gasteiger partial charge in [-0.05, 0) is 67.6 Å². The first kappa shape index (κ1) is 17.7. The number of nitrogens with one attached hydrogen (secondary N) is 2. The largest absolute Gasteiger partial charge is 0.322 e. The summed E-state index contributed by atoms with van der Waals surface area (Å²) in [6.07, 6.45) is 2.58. The van der Waals surface area contributed by atoms with Crippen LogP contribution in [0.3, 0.4) is 0 Å². The summed E-state index contributed by atoms with van der Waals surface area (Å²) < 4.78 is 0. The molecule has 0 saturated carbocycles. The van der Waals surface area contributed by atoms with Crippen molar-refractivity contribution in [1.82, 2.24) is 5.32 Å². The van der Waals surface area contributed by atoms with Gasteiger partial charge in [0, 0.05) is 36.4 Å². The summed E-state index contributed by atoms with van der Waals surface area (Å²) in [4.78, 5) is 26.7. The molecule has 2 heterocycles. The summed E-state index contributed by atoms with van der Waals surface area (Å²) in [5.41, 5.74) is 4.54. The lowest BCUT2D eigenvalue weighted by Crippen LogP contribution is -2.24. The van der Waals surface area contributed by atoms with Crippen LogP contribution in [0.5, 0.6) is 0 Å². The number of carbonyl (C=O) groups excluding carboxylic acids is 2. The summed E-state index contributed by atoms with van der Waals surface area (Å²) >= 11 is 0. The Balaban J connectivity index is 1.54. The smallest absolute Gasteiger partial charge is 0.255 e. The lowest BCUT2D eigenvalue weighted by molar-refractivity contribution is -0.117. The van der Waals surface area contributed by atoms with E-state index in [0.717, 1.165) is 60.5 Å². The van der Waals surface area contributed by atoms with Gasteiger partial charge in [0.15, 0.2) is 0 Å². The normalized spacial score (nSPS) is 19.5. The van der Waals surface area contributed by atoms with E-state index in [2.05, 4.69) is 16.7 Å². The number of nitrogens with zero attached hydrogens (tertiary/aromatic N) is 1. The van der Waals surface area contributed by atoms with Gasteiger partial charge in [-0.3, -0.25) is 9.59 Å². The highest BCUT2D eigenvalue weighted by atomic mass is 16.2. The van der Waals surface area contributed by atoms with E-state index in [1.54, 1.807) is 0 Å². The van der Waals surface area contributed by atoms with Crippen LogP contribution in [-0.2, 0) is 4.79 Å². The maximum Gasteiger partial charge on any atom is 0.255 e. The van der Waals surface area contributed by atoms with Crippen LogP contribution in [0.2, 0.25) is 0 Å². The SMILES string of the molecule is Cc1cc(NC(=O)c2ccccc2C2CCNC2)ccc1N1CCCC1=O. The first-order chi connectivity index (χ1) is 13.1. The van der Waals surface area contributed by atoms with Crippen molar-refractivity contribution in [1.29, 1.82) is 0 Å². The lowest BCUT2D eigenvalue weighted by Gasteiger charge is -2.19. The average Bonchev–Trinajstić information content (AvgIpc) is 3.34. The molecule has 0 spiro atoms. The van der Waals surface area contributed by atoms with Gasteiger partial charge in [0.25, 0.3) is 5.91 Å². The average molecular weight is 363 g/mol. The van der Waals surface area contributed by atoms with Crippen molar-refractivity contribution in [3.05, 3.63) is 59.2 Å². The number of hydrogen-bond donors (Lipinski definition) is 2. The van der Waals surface area contributed by atoms with Crippen molar-refractivity contribution < 1.29 is 9.59 Å². The van der Waals surface area contributed by atoms with Crippen molar-refractivity contribution in [2.45, 2.75) is 32.1 Å². The van der Waals surface area contributed by atoms with E-state index in [1.807, 2.05) is 48.2 Å². The van der Waals surface area contributed by atoms with Crippen LogP contribution in [0.1, 0.15) is 46.7 Å². The molecule has 2 saturated heterocycles. The van der Waals surface area contributed by atoms with Crippen molar-refractivity contribution in [2.75, 3.05) is 29.9 Å². The Hall–Kier alpha value is -2.66. The number of rotatable bonds is 4. The Kier molecular flexibility index (Phi) is 4.94. The van der Waals surface area contributed by atoms with Crippen LogP contribution in [0.25, 0.3) is 0 Å². The molecule has 2 amide bonds. The first-order valence-corrected chi connectivity index (χ1v) is 9.65. The maximum absolute atomic E-state index is 12.9. The molecule has 5 heteroatoms. The Bertz CT molecular complexity index is 872. The van der Waals surface area contributed by atoms with Crippen molar-refractivity contribution in [3.8, 4) is 0 Å². The highest BCUT2D eigenvalue weighted by Crippen LogP contribution is 2.29. The highest BCUT2D eigenvalue weighted by Gasteiger charge is 2.24. The summed E-state index contributed by atoms with van der Waals surface area (Å²) in [7, 11) is 0. The summed E-state index contributed by atoms with van der Waals surface area (Å²) in [6, 6.07) is 13.6. The van der Waals surface area contributed by atoms with Crippen LogP contribution >= 0.6 is 0 Å². The summed E-state index contributed by atoms with van der Waals surface area (Å²) in [5, 5.41) is 6.40. The number of hydrogen-bond acceptors (Lipinski definition) is 3. The summed E-state index contributed by atoms with van der Waals surface area (Å²) in [5.74, 6) is 0.480. The monoisotopic (exact) mass is 363 g/mol. The molecule has 0 radical (unpaired) electrons. The zero-order valence-corrected chi connectivity index (χ0v) is 15.6. The van der Waals surface area contributed by atoms with Crippen LogP contribution < -0.4 is 15.5 Å². The summed E-state index contributed by atoms with van der Waals surface area (Å²) in [6.45, 7) is 4.67. The molecule has 2 aliphatic rings. The molecule has 2 aliphatic heterocycles. The lowest BCUT2D eigenvalue weighted by atomic mass is 9.93. The second-order valence-corrected chi connectivity index (χ2v) is 7.38. The molecule has 1 atom stereocenters. The molecule has 140 valence electrons. The van der Waals surface area contributed by atoms with E-state index in [0.29, 0.717) is 12.3 Å². The molecule has 2 N–H and O–H groups in total. The van der Waals surface area contributed by atoms with E-state index < -0.39 is 0 Å². The molecule has 4 rings (SSSR count). The Morgan fingerprint density at radius 2 is 2.07 bits per heavy atom. The molecule has 0 aliphatic carbocycles. The number of anilines is 2. The van der Waals surface area contributed by atoms with E-state index in [-0.39, 0.29) is 11.8 Å². The number of benzene rings is 2. The molecule has 5 nitrogen and oxygen atoms in total. The fourth-order valence-electron chi connectivity index (χ4n) is 4.12. The molecular formula is C22H25N3O2.